The molecule has 1 saturated carbocycles. The Balaban J connectivity index is 1.85. The zero-order chi connectivity index (χ0) is 14.5. The highest BCUT2D eigenvalue weighted by atomic mass is 19.1. The van der Waals surface area contributed by atoms with Crippen LogP contribution in [-0.2, 0) is 0 Å². The monoisotopic (exact) mass is 276 g/mol. The molecular weight excluding hydrogens is 255 g/mol. The van der Waals surface area contributed by atoms with E-state index in [1.807, 2.05) is 4.90 Å². The van der Waals surface area contributed by atoms with Gasteiger partial charge in [-0.2, -0.15) is 4.39 Å². The second kappa shape index (κ2) is 4.27. The Kier molecular flexibility index (Phi) is 2.89. The van der Waals surface area contributed by atoms with Crippen molar-refractivity contribution in [2.45, 2.75) is 46.1 Å². The summed E-state index contributed by atoms with van der Waals surface area (Å²) in [5.74, 6) is -0.557. The Hall–Kier alpha value is -1.45. The van der Waals surface area contributed by atoms with Gasteiger partial charge in [0.1, 0.15) is 0 Å². The van der Waals surface area contributed by atoms with Gasteiger partial charge in [-0.05, 0) is 42.2 Å². The fourth-order valence-electron chi connectivity index (χ4n) is 4.37. The van der Waals surface area contributed by atoms with Crippen molar-refractivity contribution in [3.05, 3.63) is 29.8 Å². The summed E-state index contributed by atoms with van der Waals surface area (Å²) in [6.45, 7) is 7.64. The summed E-state index contributed by atoms with van der Waals surface area (Å²) in [7, 11) is 0. The minimum atomic E-state index is -0.546. The molecular formula is C16H21FN2O. The first-order chi connectivity index (χ1) is 9.28. The van der Waals surface area contributed by atoms with E-state index in [9.17, 15) is 9.18 Å². The molecule has 20 heavy (non-hydrogen) atoms. The number of rotatable bonds is 1. The lowest BCUT2D eigenvalue weighted by Gasteiger charge is -2.39. The van der Waals surface area contributed by atoms with Gasteiger partial charge in [0.25, 0.3) is 5.91 Å². The van der Waals surface area contributed by atoms with Crippen molar-refractivity contribution in [2.24, 2.45) is 10.8 Å². The van der Waals surface area contributed by atoms with Gasteiger partial charge in [0.15, 0.2) is 0 Å². The zero-order valence-corrected chi connectivity index (χ0v) is 12.3. The quantitative estimate of drug-likeness (QED) is 0.738. The predicted octanol–water partition coefficient (Wildman–Crippen LogP) is 3.26. The normalized spacial score (nSPS) is 31.4. The minimum absolute atomic E-state index is 0.0103. The number of amides is 1. The Labute approximate surface area is 119 Å². The summed E-state index contributed by atoms with van der Waals surface area (Å²) in [6, 6.07) is 3.09. The van der Waals surface area contributed by atoms with Crippen LogP contribution >= 0.6 is 0 Å². The van der Waals surface area contributed by atoms with E-state index in [1.54, 1.807) is 0 Å². The van der Waals surface area contributed by atoms with Crippen LogP contribution in [0.15, 0.2) is 18.3 Å². The summed E-state index contributed by atoms with van der Waals surface area (Å²) >= 11 is 0. The number of carbonyl (C=O) groups is 1. The summed E-state index contributed by atoms with van der Waals surface area (Å²) < 4.78 is 12.9. The van der Waals surface area contributed by atoms with E-state index in [0.717, 1.165) is 25.8 Å². The number of likely N-dealkylation sites (tertiary alicyclic amines) is 1. The fraction of sp³-hybridized carbons (Fsp3) is 0.625. The second-order valence-corrected chi connectivity index (χ2v) is 7.52. The van der Waals surface area contributed by atoms with E-state index in [1.165, 1.54) is 18.3 Å². The lowest BCUT2D eigenvalue weighted by Crippen LogP contribution is -2.37. The van der Waals surface area contributed by atoms with Crippen LogP contribution in [0.5, 0.6) is 0 Å². The molecule has 2 unspecified atom stereocenters. The molecule has 1 aromatic rings. The van der Waals surface area contributed by atoms with Crippen LogP contribution in [0.1, 0.15) is 50.4 Å². The number of aromatic nitrogens is 1. The number of nitrogens with zero attached hydrogens (tertiary/aromatic N) is 2. The van der Waals surface area contributed by atoms with Crippen molar-refractivity contribution in [3.63, 3.8) is 0 Å². The van der Waals surface area contributed by atoms with Crippen LogP contribution in [-0.4, -0.2) is 28.4 Å². The van der Waals surface area contributed by atoms with E-state index in [-0.39, 0.29) is 16.7 Å². The fourth-order valence-corrected chi connectivity index (χ4v) is 4.37. The third kappa shape index (κ3) is 2.32. The average Bonchev–Trinajstić information content (AvgIpc) is 2.58. The predicted molar refractivity (Wildman–Crippen MR) is 74.8 cm³/mol. The number of hydrogen-bond acceptors (Lipinski definition) is 2. The molecule has 108 valence electrons. The SMILES string of the molecule is CC1(C)CC2CC(C)(CN2C(=O)c2ccc(F)nc2)C1. The van der Waals surface area contributed by atoms with Gasteiger partial charge in [-0.3, -0.25) is 4.79 Å². The van der Waals surface area contributed by atoms with Crippen LogP contribution in [0, 0.1) is 16.8 Å². The average molecular weight is 276 g/mol. The molecule has 0 spiro atoms. The number of hydrogen-bond donors (Lipinski definition) is 0. The van der Waals surface area contributed by atoms with E-state index in [0.29, 0.717) is 11.6 Å². The molecule has 1 saturated heterocycles. The number of pyridine rings is 1. The molecule has 4 heteroatoms. The molecule has 0 radical (unpaired) electrons. The maximum absolute atomic E-state index is 12.9. The van der Waals surface area contributed by atoms with Crippen LogP contribution in [0.3, 0.4) is 0 Å². The first kappa shape index (κ1) is 13.5. The maximum atomic E-state index is 12.9. The molecule has 2 heterocycles. The van der Waals surface area contributed by atoms with E-state index < -0.39 is 5.95 Å². The summed E-state index contributed by atoms with van der Waals surface area (Å²) in [5.41, 5.74) is 0.990. The van der Waals surface area contributed by atoms with Crippen molar-refractivity contribution in [1.29, 1.82) is 0 Å². The first-order valence-corrected chi connectivity index (χ1v) is 7.21. The number of halogens is 1. The van der Waals surface area contributed by atoms with E-state index in [2.05, 4.69) is 25.8 Å². The molecule has 2 aliphatic rings. The van der Waals surface area contributed by atoms with E-state index >= 15 is 0 Å². The van der Waals surface area contributed by atoms with Crippen LogP contribution in [0.2, 0.25) is 0 Å². The van der Waals surface area contributed by atoms with Gasteiger partial charge in [0, 0.05) is 18.8 Å². The van der Waals surface area contributed by atoms with Gasteiger partial charge in [-0.25, -0.2) is 4.98 Å². The lowest BCUT2D eigenvalue weighted by atomic mass is 9.65. The first-order valence-electron chi connectivity index (χ1n) is 7.21. The van der Waals surface area contributed by atoms with Gasteiger partial charge >= 0.3 is 0 Å². The van der Waals surface area contributed by atoms with Crippen molar-refractivity contribution < 1.29 is 9.18 Å². The molecule has 1 aromatic heterocycles. The Morgan fingerprint density at radius 1 is 1.35 bits per heavy atom. The largest absolute Gasteiger partial charge is 0.335 e. The molecule has 3 nitrogen and oxygen atoms in total. The highest BCUT2D eigenvalue weighted by molar-refractivity contribution is 5.94. The molecule has 1 amide bonds. The van der Waals surface area contributed by atoms with Gasteiger partial charge in [0.2, 0.25) is 5.95 Å². The highest BCUT2D eigenvalue weighted by Gasteiger charge is 2.51. The third-order valence-corrected chi connectivity index (χ3v) is 4.65. The van der Waals surface area contributed by atoms with Crippen molar-refractivity contribution in [2.75, 3.05) is 6.54 Å². The number of fused-ring (bicyclic) bond motifs is 2. The molecule has 3 rings (SSSR count). The summed E-state index contributed by atoms with van der Waals surface area (Å²) in [4.78, 5) is 18.2. The van der Waals surface area contributed by atoms with Gasteiger partial charge in [-0.1, -0.05) is 20.8 Å². The van der Waals surface area contributed by atoms with Crippen molar-refractivity contribution in [3.8, 4) is 0 Å². The zero-order valence-electron chi connectivity index (χ0n) is 12.3. The maximum Gasteiger partial charge on any atom is 0.255 e. The van der Waals surface area contributed by atoms with Gasteiger partial charge in [0.05, 0.1) is 5.56 Å². The van der Waals surface area contributed by atoms with Crippen LogP contribution in [0.4, 0.5) is 4.39 Å². The molecule has 2 fully saturated rings. The number of carbonyl (C=O) groups excluding carboxylic acids is 1. The Morgan fingerprint density at radius 3 is 2.75 bits per heavy atom. The molecule has 2 bridgehead atoms. The molecule has 1 aliphatic carbocycles. The highest BCUT2D eigenvalue weighted by Crippen LogP contribution is 2.52. The summed E-state index contributed by atoms with van der Waals surface area (Å²) in [5, 5.41) is 0. The minimum Gasteiger partial charge on any atom is -0.335 e. The van der Waals surface area contributed by atoms with Gasteiger partial charge < -0.3 is 4.90 Å². The van der Waals surface area contributed by atoms with Crippen molar-refractivity contribution >= 4 is 5.91 Å². The standard InChI is InChI=1S/C16H21FN2O/c1-15(2)6-12-7-16(3,9-15)10-19(12)14(20)11-4-5-13(17)18-8-11/h4-5,8,12H,6-7,9-10H2,1-3H3. The Bertz CT molecular complexity index is 540. The van der Waals surface area contributed by atoms with Crippen LogP contribution in [0.25, 0.3) is 0 Å². The third-order valence-electron chi connectivity index (χ3n) is 4.65. The second-order valence-electron chi connectivity index (χ2n) is 7.52. The topological polar surface area (TPSA) is 33.2 Å². The van der Waals surface area contributed by atoms with Crippen molar-refractivity contribution in [1.82, 2.24) is 9.88 Å². The lowest BCUT2D eigenvalue weighted by molar-refractivity contribution is 0.0707. The van der Waals surface area contributed by atoms with Gasteiger partial charge in [-0.15, -0.1) is 0 Å². The molecule has 1 aliphatic heterocycles. The smallest absolute Gasteiger partial charge is 0.255 e. The summed E-state index contributed by atoms with van der Waals surface area (Å²) in [6.07, 6.45) is 4.62. The molecule has 0 N–H and O–H groups in total. The van der Waals surface area contributed by atoms with Crippen LogP contribution < -0.4 is 0 Å². The Morgan fingerprint density at radius 2 is 2.10 bits per heavy atom. The molecule has 0 aromatic carbocycles. The molecule has 2 atom stereocenters. The van der Waals surface area contributed by atoms with E-state index in [4.69, 9.17) is 0 Å².